The summed E-state index contributed by atoms with van der Waals surface area (Å²) in [5, 5.41) is -0.164. The summed E-state index contributed by atoms with van der Waals surface area (Å²) < 4.78 is 54.6. The number of hydrogen-bond donors (Lipinski definition) is 1. The molecular formula is C12H9ClF2N2O3S. The molecule has 0 saturated heterocycles. The molecule has 0 saturated carbocycles. The number of halogens is 3. The molecule has 0 aliphatic heterocycles. The highest BCUT2D eigenvalue weighted by molar-refractivity contribution is 7.92. The van der Waals surface area contributed by atoms with Gasteiger partial charge in [0, 0.05) is 11.9 Å². The van der Waals surface area contributed by atoms with Gasteiger partial charge >= 0.3 is 6.61 Å². The van der Waals surface area contributed by atoms with Crippen molar-refractivity contribution in [1.82, 2.24) is 4.98 Å². The number of rotatable bonds is 5. The quantitative estimate of drug-likeness (QED) is 0.853. The molecule has 0 amide bonds. The van der Waals surface area contributed by atoms with Gasteiger partial charge in [-0.05, 0) is 36.4 Å². The van der Waals surface area contributed by atoms with Crippen molar-refractivity contribution in [1.29, 1.82) is 0 Å². The molecule has 1 heterocycles. The van der Waals surface area contributed by atoms with E-state index >= 15 is 0 Å². The number of benzene rings is 1. The van der Waals surface area contributed by atoms with Crippen LogP contribution >= 0.6 is 11.6 Å². The first-order valence-corrected chi connectivity index (χ1v) is 7.43. The molecule has 0 bridgehead atoms. The minimum atomic E-state index is -3.91. The van der Waals surface area contributed by atoms with Crippen molar-refractivity contribution < 1.29 is 21.9 Å². The van der Waals surface area contributed by atoms with Crippen molar-refractivity contribution in [3.05, 3.63) is 47.7 Å². The van der Waals surface area contributed by atoms with Gasteiger partial charge < -0.3 is 4.74 Å². The number of aromatic nitrogens is 1. The van der Waals surface area contributed by atoms with Gasteiger partial charge in [-0.2, -0.15) is 8.78 Å². The molecule has 1 N–H and O–H groups in total. The molecule has 0 aliphatic carbocycles. The largest absolute Gasteiger partial charge is 0.435 e. The van der Waals surface area contributed by atoms with E-state index in [1.165, 1.54) is 42.6 Å². The Morgan fingerprint density at radius 1 is 1.19 bits per heavy atom. The van der Waals surface area contributed by atoms with Crippen LogP contribution in [0.25, 0.3) is 0 Å². The van der Waals surface area contributed by atoms with Crippen LogP contribution in [0.3, 0.4) is 0 Å². The van der Waals surface area contributed by atoms with Crippen LogP contribution in [-0.4, -0.2) is 20.0 Å². The molecule has 0 radical (unpaired) electrons. The summed E-state index contributed by atoms with van der Waals surface area (Å²) in [6, 6.07) is 7.74. The van der Waals surface area contributed by atoms with Gasteiger partial charge in [0.05, 0.1) is 0 Å². The average Bonchev–Trinajstić information content (AvgIpc) is 2.40. The summed E-state index contributed by atoms with van der Waals surface area (Å²) in [7, 11) is -3.91. The standard InChI is InChI=1S/C12H9ClF2N2O3S/c13-11-10(2-1-7-16-11)21(18,19)17-8-3-5-9(6-4-8)20-12(14)15/h1-7,12,17H. The fourth-order valence-corrected chi connectivity index (χ4v) is 3.00. The van der Waals surface area contributed by atoms with E-state index in [2.05, 4.69) is 14.4 Å². The SMILES string of the molecule is O=S(=O)(Nc1ccc(OC(F)F)cc1)c1cccnc1Cl. The molecule has 0 aliphatic rings. The molecule has 1 aromatic carbocycles. The summed E-state index contributed by atoms with van der Waals surface area (Å²) in [6.07, 6.45) is 1.36. The van der Waals surface area contributed by atoms with Crippen LogP contribution in [0.5, 0.6) is 5.75 Å². The van der Waals surface area contributed by atoms with Crippen molar-refractivity contribution in [2.75, 3.05) is 4.72 Å². The lowest BCUT2D eigenvalue weighted by Gasteiger charge is -2.10. The van der Waals surface area contributed by atoms with E-state index in [4.69, 9.17) is 11.6 Å². The Kier molecular flexibility index (Phi) is 4.59. The van der Waals surface area contributed by atoms with Crippen LogP contribution in [0.1, 0.15) is 0 Å². The normalized spacial score (nSPS) is 11.4. The molecule has 0 unspecified atom stereocenters. The molecule has 5 nitrogen and oxygen atoms in total. The summed E-state index contributed by atoms with van der Waals surface area (Å²) >= 11 is 5.72. The minimum Gasteiger partial charge on any atom is -0.435 e. The highest BCUT2D eigenvalue weighted by Crippen LogP contribution is 2.23. The Hall–Kier alpha value is -1.93. The number of anilines is 1. The Labute approximate surface area is 124 Å². The zero-order valence-corrected chi connectivity index (χ0v) is 11.9. The maximum atomic E-state index is 12.1. The van der Waals surface area contributed by atoms with Crippen molar-refractivity contribution >= 4 is 27.3 Å². The van der Waals surface area contributed by atoms with Gasteiger partial charge in [0.15, 0.2) is 0 Å². The molecule has 9 heteroatoms. The molecule has 0 spiro atoms. The second-order valence-corrected chi connectivity index (χ2v) is 5.81. The Morgan fingerprint density at radius 2 is 1.86 bits per heavy atom. The molecule has 0 fully saturated rings. The van der Waals surface area contributed by atoms with Gasteiger partial charge in [-0.1, -0.05) is 11.6 Å². The number of hydrogen-bond acceptors (Lipinski definition) is 4. The molecule has 2 aromatic rings. The van der Waals surface area contributed by atoms with Crippen molar-refractivity contribution in [3.63, 3.8) is 0 Å². The monoisotopic (exact) mass is 334 g/mol. The topological polar surface area (TPSA) is 68.3 Å². The van der Waals surface area contributed by atoms with E-state index in [0.717, 1.165) is 0 Å². The summed E-state index contributed by atoms with van der Waals surface area (Å²) in [4.78, 5) is 3.50. The number of pyridine rings is 1. The van der Waals surface area contributed by atoms with E-state index in [-0.39, 0.29) is 21.5 Å². The number of sulfonamides is 1. The van der Waals surface area contributed by atoms with Gasteiger partial charge in [0.25, 0.3) is 10.0 Å². The molecule has 2 rings (SSSR count). The third-order valence-corrected chi connectivity index (χ3v) is 4.17. The Bertz CT molecular complexity index is 724. The predicted octanol–water partition coefficient (Wildman–Crippen LogP) is 3.14. The number of ether oxygens (including phenoxy) is 1. The summed E-state index contributed by atoms with van der Waals surface area (Å²) in [6.45, 7) is -2.94. The third-order valence-electron chi connectivity index (χ3n) is 2.35. The summed E-state index contributed by atoms with van der Waals surface area (Å²) in [5.41, 5.74) is 0.177. The first-order chi connectivity index (χ1) is 9.88. The maximum absolute atomic E-state index is 12.1. The summed E-state index contributed by atoms with van der Waals surface area (Å²) in [5.74, 6) is -0.0765. The first kappa shape index (κ1) is 15.5. The minimum absolute atomic E-state index is 0.0765. The molecule has 21 heavy (non-hydrogen) atoms. The van der Waals surface area contributed by atoms with Crippen molar-refractivity contribution in [2.24, 2.45) is 0 Å². The lowest BCUT2D eigenvalue weighted by atomic mass is 10.3. The average molecular weight is 335 g/mol. The van der Waals surface area contributed by atoms with Gasteiger partial charge in [-0.3, -0.25) is 4.72 Å². The van der Waals surface area contributed by atoms with Gasteiger partial charge in [0.2, 0.25) is 0 Å². The second-order valence-electron chi connectivity index (χ2n) is 3.80. The van der Waals surface area contributed by atoms with Crippen LogP contribution in [0.2, 0.25) is 5.15 Å². The molecule has 1 aromatic heterocycles. The zero-order valence-electron chi connectivity index (χ0n) is 10.3. The van der Waals surface area contributed by atoms with Crippen LogP contribution in [0.15, 0.2) is 47.5 Å². The molecule has 0 atom stereocenters. The smallest absolute Gasteiger partial charge is 0.387 e. The molecule has 112 valence electrons. The van der Waals surface area contributed by atoms with E-state index in [1.807, 2.05) is 0 Å². The van der Waals surface area contributed by atoms with Crippen molar-refractivity contribution in [3.8, 4) is 5.75 Å². The number of nitrogens with one attached hydrogen (secondary N) is 1. The Balaban J connectivity index is 2.19. The fraction of sp³-hybridized carbons (Fsp3) is 0.0833. The lowest BCUT2D eigenvalue weighted by Crippen LogP contribution is -2.13. The third kappa shape index (κ3) is 4.02. The zero-order chi connectivity index (χ0) is 15.5. The molecular weight excluding hydrogens is 326 g/mol. The maximum Gasteiger partial charge on any atom is 0.387 e. The van der Waals surface area contributed by atoms with Gasteiger partial charge in [0.1, 0.15) is 15.8 Å². The van der Waals surface area contributed by atoms with E-state index < -0.39 is 16.6 Å². The van der Waals surface area contributed by atoms with E-state index in [0.29, 0.717) is 0 Å². The van der Waals surface area contributed by atoms with Gasteiger partial charge in [-0.15, -0.1) is 0 Å². The fourth-order valence-electron chi connectivity index (χ4n) is 1.49. The van der Waals surface area contributed by atoms with Crippen LogP contribution in [0.4, 0.5) is 14.5 Å². The Morgan fingerprint density at radius 3 is 2.43 bits per heavy atom. The van der Waals surface area contributed by atoms with E-state index in [1.54, 1.807) is 0 Å². The van der Waals surface area contributed by atoms with Crippen LogP contribution < -0.4 is 9.46 Å². The second kappa shape index (κ2) is 6.23. The first-order valence-electron chi connectivity index (χ1n) is 5.57. The van der Waals surface area contributed by atoms with E-state index in [9.17, 15) is 17.2 Å². The highest BCUT2D eigenvalue weighted by Gasteiger charge is 2.18. The lowest BCUT2D eigenvalue weighted by molar-refractivity contribution is -0.0498. The van der Waals surface area contributed by atoms with Crippen molar-refractivity contribution in [2.45, 2.75) is 11.5 Å². The van der Waals surface area contributed by atoms with Gasteiger partial charge in [-0.25, -0.2) is 13.4 Å². The predicted molar refractivity (Wildman–Crippen MR) is 73.1 cm³/mol. The number of nitrogens with zero attached hydrogens (tertiary/aromatic N) is 1. The highest BCUT2D eigenvalue weighted by atomic mass is 35.5. The number of alkyl halides is 2. The van der Waals surface area contributed by atoms with Crippen LogP contribution in [0, 0.1) is 0 Å². The van der Waals surface area contributed by atoms with Crippen LogP contribution in [-0.2, 0) is 10.0 Å².